The van der Waals surface area contributed by atoms with Crippen molar-refractivity contribution in [1.82, 2.24) is 4.57 Å². The van der Waals surface area contributed by atoms with Crippen LogP contribution in [0.15, 0.2) is 42.7 Å². The third kappa shape index (κ3) is 1.25. The first-order valence-corrected chi connectivity index (χ1v) is 5.32. The van der Waals surface area contributed by atoms with Crippen molar-refractivity contribution >= 4 is 5.69 Å². The summed E-state index contributed by atoms with van der Waals surface area (Å²) in [4.78, 5) is 2.34. The van der Waals surface area contributed by atoms with E-state index in [2.05, 4.69) is 59.2 Å². The molecule has 3 rings (SSSR count). The van der Waals surface area contributed by atoms with Crippen LogP contribution in [0.4, 0.5) is 5.69 Å². The van der Waals surface area contributed by atoms with Gasteiger partial charge in [0, 0.05) is 26.0 Å². The summed E-state index contributed by atoms with van der Waals surface area (Å²) in [5, 5.41) is 0. The highest BCUT2D eigenvalue weighted by Crippen LogP contribution is 2.32. The lowest BCUT2D eigenvalue weighted by Gasteiger charge is -2.17. The summed E-state index contributed by atoms with van der Waals surface area (Å²) in [6.07, 6.45) is 5.37. The highest BCUT2D eigenvalue weighted by Gasteiger charge is 2.19. The van der Waals surface area contributed by atoms with E-state index in [1.807, 2.05) is 0 Å². The molecular formula is C13H14N2. The van der Waals surface area contributed by atoms with Crippen molar-refractivity contribution < 1.29 is 0 Å². The highest BCUT2D eigenvalue weighted by molar-refractivity contribution is 5.70. The van der Waals surface area contributed by atoms with Crippen molar-refractivity contribution in [3.8, 4) is 5.69 Å². The third-order valence-electron chi connectivity index (χ3n) is 3.08. The SMILES string of the molecule is CN1CCc2cccc(-n3cccc3)c21. The second kappa shape index (κ2) is 3.16. The molecule has 2 aromatic rings. The number of rotatable bonds is 1. The van der Waals surface area contributed by atoms with Crippen LogP contribution in [0, 0.1) is 0 Å². The average molecular weight is 198 g/mol. The molecule has 0 bridgehead atoms. The minimum absolute atomic E-state index is 1.13. The molecule has 2 nitrogen and oxygen atoms in total. The number of likely N-dealkylation sites (N-methyl/N-ethyl adjacent to an activating group) is 1. The average Bonchev–Trinajstić information content (AvgIpc) is 2.88. The van der Waals surface area contributed by atoms with Gasteiger partial charge in [-0.25, -0.2) is 0 Å². The maximum Gasteiger partial charge on any atom is 0.0687 e. The van der Waals surface area contributed by atoms with Crippen LogP contribution < -0.4 is 4.90 Å². The summed E-state index contributed by atoms with van der Waals surface area (Å²) in [5.74, 6) is 0. The Hall–Kier alpha value is -1.70. The molecule has 0 atom stereocenters. The summed E-state index contributed by atoms with van der Waals surface area (Å²) < 4.78 is 2.18. The standard InChI is InChI=1S/C13H14N2/c1-14-10-7-11-5-4-6-12(13(11)14)15-8-2-3-9-15/h2-6,8-9H,7,10H2,1H3. The first-order valence-electron chi connectivity index (χ1n) is 5.32. The van der Waals surface area contributed by atoms with Crippen molar-refractivity contribution in [2.24, 2.45) is 0 Å². The zero-order chi connectivity index (χ0) is 10.3. The van der Waals surface area contributed by atoms with E-state index in [-0.39, 0.29) is 0 Å². The van der Waals surface area contributed by atoms with E-state index in [0.717, 1.165) is 6.54 Å². The Labute approximate surface area is 89.8 Å². The van der Waals surface area contributed by atoms with E-state index in [4.69, 9.17) is 0 Å². The fourth-order valence-corrected chi connectivity index (χ4v) is 2.32. The van der Waals surface area contributed by atoms with Gasteiger partial charge in [0.25, 0.3) is 0 Å². The van der Waals surface area contributed by atoms with Crippen molar-refractivity contribution in [1.29, 1.82) is 0 Å². The number of benzene rings is 1. The smallest absolute Gasteiger partial charge is 0.0687 e. The molecule has 0 amide bonds. The van der Waals surface area contributed by atoms with Gasteiger partial charge in [0.15, 0.2) is 0 Å². The van der Waals surface area contributed by atoms with Gasteiger partial charge in [-0.3, -0.25) is 0 Å². The largest absolute Gasteiger partial charge is 0.372 e. The lowest BCUT2D eigenvalue weighted by atomic mass is 10.1. The van der Waals surface area contributed by atoms with E-state index in [1.165, 1.54) is 23.4 Å². The molecule has 0 radical (unpaired) electrons. The minimum atomic E-state index is 1.13. The number of fused-ring (bicyclic) bond motifs is 1. The van der Waals surface area contributed by atoms with Gasteiger partial charge >= 0.3 is 0 Å². The number of hydrogen-bond donors (Lipinski definition) is 0. The predicted octanol–water partition coefficient (Wildman–Crippen LogP) is 2.47. The molecule has 1 aromatic heterocycles. The molecule has 0 unspecified atom stereocenters. The van der Waals surface area contributed by atoms with Gasteiger partial charge in [-0.1, -0.05) is 12.1 Å². The Morgan fingerprint density at radius 3 is 2.67 bits per heavy atom. The fraction of sp³-hybridized carbons (Fsp3) is 0.231. The van der Waals surface area contributed by atoms with Gasteiger partial charge in [0.2, 0.25) is 0 Å². The van der Waals surface area contributed by atoms with Crippen LogP contribution in [0.3, 0.4) is 0 Å². The molecule has 0 aliphatic carbocycles. The number of aromatic nitrogens is 1. The van der Waals surface area contributed by atoms with Gasteiger partial charge in [-0.2, -0.15) is 0 Å². The van der Waals surface area contributed by atoms with Crippen LogP contribution in [-0.2, 0) is 6.42 Å². The number of anilines is 1. The van der Waals surface area contributed by atoms with E-state index in [1.54, 1.807) is 0 Å². The predicted molar refractivity (Wildman–Crippen MR) is 62.7 cm³/mol. The Morgan fingerprint density at radius 2 is 1.87 bits per heavy atom. The molecule has 1 aliphatic heterocycles. The second-order valence-corrected chi connectivity index (χ2v) is 4.05. The quantitative estimate of drug-likeness (QED) is 0.683. The first kappa shape index (κ1) is 8.60. The van der Waals surface area contributed by atoms with Crippen LogP contribution >= 0.6 is 0 Å². The van der Waals surface area contributed by atoms with Gasteiger partial charge in [-0.15, -0.1) is 0 Å². The Bertz CT molecular complexity index is 471. The maximum absolute atomic E-state index is 2.34. The van der Waals surface area contributed by atoms with Crippen molar-refractivity contribution in [2.45, 2.75) is 6.42 Å². The van der Waals surface area contributed by atoms with Gasteiger partial charge in [-0.05, 0) is 30.2 Å². The summed E-state index contributed by atoms with van der Waals surface area (Å²) in [5.41, 5.74) is 4.13. The molecule has 1 aromatic carbocycles. The Kier molecular flexibility index (Phi) is 1.81. The van der Waals surface area contributed by atoms with Gasteiger partial charge in [0.05, 0.1) is 11.4 Å². The van der Waals surface area contributed by atoms with Crippen molar-refractivity contribution in [3.05, 3.63) is 48.3 Å². The van der Waals surface area contributed by atoms with E-state index in [9.17, 15) is 0 Å². The molecule has 76 valence electrons. The number of para-hydroxylation sites is 1. The summed E-state index contributed by atoms with van der Waals surface area (Å²) in [6.45, 7) is 1.13. The topological polar surface area (TPSA) is 8.17 Å². The van der Waals surface area contributed by atoms with Crippen LogP contribution in [-0.4, -0.2) is 18.2 Å². The lowest BCUT2D eigenvalue weighted by Crippen LogP contribution is -2.14. The molecule has 0 fully saturated rings. The number of hydrogen-bond acceptors (Lipinski definition) is 1. The summed E-state index contributed by atoms with van der Waals surface area (Å²) >= 11 is 0. The first-order chi connectivity index (χ1) is 7.36. The molecule has 0 saturated carbocycles. The number of nitrogens with zero attached hydrogens (tertiary/aromatic N) is 2. The molecule has 15 heavy (non-hydrogen) atoms. The van der Waals surface area contributed by atoms with E-state index in [0.29, 0.717) is 0 Å². The molecule has 2 heterocycles. The van der Waals surface area contributed by atoms with Gasteiger partial charge in [0.1, 0.15) is 0 Å². The molecule has 2 heteroatoms. The minimum Gasteiger partial charge on any atom is -0.372 e. The van der Waals surface area contributed by atoms with Crippen LogP contribution in [0.1, 0.15) is 5.56 Å². The fourth-order valence-electron chi connectivity index (χ4n) is 2.32. The second-order valence-electron chi connectivity index (χ2n) is 4.05. The third-order valence-corrected chi connectivity index (χ3v) is 3.08. The maximum atomic E-state index is 2.34. The molecule has 0 spiro atoms. The molecule has 1 aliphatic rings. The molecular weight excluding hydrogens is 184 g/mol. The summed E-state index contributed by atoms with van der Waals surface area (Å²) in [6, 6.07) is 10.7. The van der Waals surface area contributed by atoms with Crippen molar-refractivity contribution in [3.63, 3.8) is 0 Å². The molecule has 0 N–H and O–H groups in total. The monoisotopic (exact) mass is 198 g/mol. The lowest BCUT2D eigenvalue weighted by molar-refractivity contribution is 0.949. The van der Waals surface area contributed by atoms with Crippen LogP contribution in [0.2, 0.25) is 0 Å². The zero-order valence-electron chi connectivity index (χ0n) is 8.85. The van der Waals surface area contributed by atoms with Crippen molar-refractivity contribution in [2.75, 3.05) is 18.5 Å². The molecule has 0 saturated heterocycles. The Balaban J connectivity index is 2.21. The van der Waals surface area contributed by atoms with Crippen LogP contribution in [0.5, 0.6) is 0 Å². The normalized spacial score (nSPS) is 14.3. The van der Waals surface area contributed by atoms with Crippen LogP contribution in [0.25, 0.3) is 5.69 Å². The van der Waals surface area contributed by atoms with E-state index >= 15 is 0 Å². The Morgan fingerprint density at radius 1 is 1.07 bits per heavy atom. The highest BCUT2D eigenvalue weighted by atomic mass is 15.1. The van der Waals surface area contributed by atoms with E-state index < -0.39 is 0 Å². The zero-order valence-corrected chi connectivity index (χ0v) is 8.85. The van der Waals surface area contributed by atoms with Gasteiger partial charge < -0.3 is 9.47 Å². The summed E-state index contributed by atoms with van der Waals surface area (Å²) in [7, 11) is 2.17.